The van der Waals surface area contributed by atoms with Gasteiger partial charge in [-0.3, -0.25) is 0 Å². The molecule has 1 spiro atoms. The molecule has 1 aromatic carbocycles. The zero-order valence-corrected chi connectivity index (χ0v) is 17.8. The largest absolute Gasteiger partial charge is 0.444 e. The monoisotopic (exact) mass is 407 g/mol. The lowest BCUT2D eigenvalue weighted by Gasteiger charge is -2.48. The molecule has 28 heavy (non-hydrogen) atoms. The number of sulfonamides is 1. The van der Waals surface area contributed by atoms with Gasteiger partial charge in [0.05, 0.1) is 4.90 Å². The van der Waals surface area contributed by atoms with Crippen LogP contribution in [0.3, 0.4) is 0 Å². The number of nitrogens with zero attached hydrogens (tertiary/aromatic N) is 2. The summed E-state index contributed by atoms with van der Waals surface area (Å²) in [5.74, 6) is 0. The van der Waals surface area contributed by atoms with Gasteiger partial charge in [0.1, 0.15) is 5.60 Å². The second-order valence-electron chi connectivity index (χ2n) is 8.67. The molecule has 154 valence electrons. The average Bonchev–Trinajstić information content (AvgIpc) is 2.59. The Bertz CT molecular complexity index is 879. The minimum absolute atomic E-state index is 0.104. The third kappa shape index (κ3) is 4.32. The zero-order chi connectivity index (χ0) is 20.6. The first-order chi connectivity index (χ1) is 13.0. The summed E-state index contributed by atoms with van der Waals surface area (Å²) in [6.45, 7) is 8.52. The Balaban J connectivity index is 1.64. The number of piperidine rings is 1. The van der Waals surface area contributed by atoms with Gasteiger partial charge < -0.3 is 9.64 Å². The Kier molecular flexibility index (Phi) is 5.44. The molecule has 0 radical (unpaired) electrons. The van der Waals surface area contributed by atoms with Crippen molar-refractivity contribution < 1.29 is 17.9 Å². The lowest BCUT2D eigenvalue weighted by Crippen LogP contribution is -2.52. The average molecular weight is 408 g/mol. The molecule has 1 saturated heterocycles. The number of ether oxygens (including phenoxy) is 1. The molecule has 1 heterocycles. The first kappa shape index (κ1) is 20.6. The van der Waals surface area contributed by atoms with Crippen molar-refractivity contribution in [2.24, 2.45) is 10.5 Å². The Morgan fingerprint density at radius 1 is 1.18 bits per heavy atom. The molecule has 0 atom stereocenters. The van der Waals surface area contributed by atoms with E-state index in [0.29, 0.717) is 18.7 Å². The molecule has 8 heteroatoms. The number of aryl methyl sites for hydroxylation is 1. The van der Waals surface area contributed by atoms with Gasteiger partial charge in [-0.25, -0.2) is 9.63 Å². The number of hydrazone groups is 1. The Hall–Kier alpha value is -2.09. The summed E-state index contributed by atoms with van der Waals surface area (Å²) in [5, 5.41) is 4.27. The van der Waals surface area contributed by atoms with Gasteiger partial charge in [0.25, 0.3) is 10.0 Å². The summed E-state index contributed by atoms with van der Waals surface area (Å²) in [6.07, 6.45) is 3.01. The Morgan fingerprint density at radius 2 is 1.82 bits per heavy atom. The third-order valence-corrected chi connectivity index (χ3v) is 6.88. The maximum Gasteiger partial charge on any atom is 0.410 e. The number of nitrogens with one attached hydrogen (secondary N) is 1. The molecule has 0 aromatic heterocycles. The van der Waals surface area contributed by atoms with Crippen molar-refractivity contribution in [3.63, 3.8) is 0 Å². The van der Waals surface area contributed by atoms with Crippen LogP contribution >= 0.6 is 0 Å². The molecular weight excluding hydrogens is 378 g/mol. The van der Waals surface area contributed by atoms with Gasteiger partial charge in [-0.1, -0.05) is 18.2 Å². The van der Waals surface area contributed by atoms with Crippen LogP contribution in [0.4, 0.5) is 4.79 Å². The highest BCUT2D eigenvalue weighted by Gasteiger charge is 2.47. The lowest BCUT2D eigenvalue weighted by molar-refractivity contribution is 0.0132. The number of carbonyl (C=O) groups is 1. The molecule has 1 N–H and O–H groups in total. The van der Waals surface area contributed by atoms with Gasteiger partial charge in [-0.15, -0.1) is 0 Å². The number of amides is 1. The van der Waals surface area contributed by atoms with Gasteiger partial charge in [0.2, 0.25) is 0 Å². The number of likely N-dealkylation sites (tertiary alicyclic amines) is 1. The summed E-state index contributed by atoms with van der Waals surface area (Å²) >= 11 is 0. The first-order valence-corrected chi connectivity index (χ1v) is 11.1. The van der Waals surface area contributed by atoms with Gasteiger partial charge in [-0.2, -0.15) is 13.5 Å². The minimum Gasteiger partial charge on any atom is -0.444 e. The summed E-state index contributed by atoms with van der Waals surface area (Å²) in [5.41, 5.74) is 0.952. The van der Waals surface area contributed by atoms with Crippen LogP contribution in [0.25, 0.3) is 0 Å². The van der Waals surface area contributed by atoms with Crippen molar-refractivity contribution in [3.8, 4) is 0 Å². The van der Waals surface area contributed by atoms with Gasteiger partial charge >= 0.3 is 6.09 Å². The van der Waals surface area contributed by atoms with Crippen LogP contribution in [0.15, 0.2) is 34.3 Å². The van der Waals surface area contributed by atoms with Crippen molar-refractivity contribution in [3.05, 3.63) is 29.8 Å². The van der Waals surface area contributed by atoms with Crippen molar-refractivity contribution in [2.75, 3.05) is 13.1 Å². The van der Waals surface area contributed by atoms with Crippen LogP contribution in [0.2, 0.25) is 0 Å². The first-order valence-electron chi connectivity index (χ1n) is 9.65. The summed E-state index contributed by atoms with van der Waals surface area (Å²) in [6, 6.07) is 6.85. The highest BCUT2D eigenvalue weighted by atomic mass is 32.2. The number of rotatable bonds is 3. The van der Waals surface area contributed by atoms with E-state index in [1.807, 2.05) is 20.8 Å². The van der Waals surface area contributed by atoms with Crippen LogP contribution in [-0.4, -0.2) is 43.8 Å². The van der Waals surface area contributed by atoms with Crippen molar-refractivity contribution in [1.29, 1.82) is 0 Å². The quantitative estimate of drug-likeness (QED) is 0.778. The zero-order valence-electron chi connectivity index (χ0n) is 17.0. The second kappa shape index (κ2) is 7.39. The SMILES string of the molecule is Cc1ccccc1S(=O)(=O)N/N=C1\CCC12CCN(C(=O)OC(C)(C)C)CC2. The molecule has 1 aromatic rings. The van der Waals surface area contributed by atoms with E-state index in [4.69, 9.17) is 4.74 Å². The van der Waals surface area contributed by atoms with Gasteiger partial charge in [0.15, 0.2) is 0 Å². The predicted octanol–water partition coefficient (Wildman–Crippen LogP) is 3.44. The molecule has 7 nitrogen and oxygen atoms in total. The van der Waals surface area contributed by atoms with E-state index in [-0.39, 0.29) is 16.4 Å². The van der Waals surface area contributed by atoms with Gasteiger partial charge in [0, 0.05) is 24.2 Å². The lowest BCUT2D eigenvalue weighted by atomic mass is 9.61. The van der Waals surface area contributed by atoms with Crippen molar-refractivity contribution in [2.45, 2.75) is 63.9 Å². The number of hydrogen-bond donors (Lipinski definition) is 1. The second-order valence-corrected chi connectivity index (χ2v) is 10.3. The van der Waals surface area contributed by atoms with E-state index >= 15 is 0 Å². The third-order valence-electron chi connectivity index (χ3n) is 5.51. The normalized spacial score (nSPS) is 20.7. The highest BCUT2D eigenvalue weighted by Crippen LogP contribution is 2.46. The Labute approximate surface area is 167 Å². The molecule has 1 aliphatic carbocycles. The molecule has 3 rings (SSSR count). The molecular formula is C20H29N3O4S. The fourth-order valence-corrected chi connectivity index (χ4v) is 4.85. The maximum absolute atomic E-state index is 12.6. The molecule has 2 aliphatic rings. The Morgan fingerprint density at radius 3 is 2.36 bits per heavy atom. The van der Waals surface area contributed by atoms with Crippen LogP contribution in [0, 0.1) is 12.3 Å². The maximum atomic E-state index is 12.6. The summed E-state index contributed by atoms with van der Waals surface area (Å²) in [7, 11) is -3.68. The smallest absolute Gasteiger partial charge is 0.410 e. The number of hydrogen-bond acceptors (Lipinski definition) is 5. The van der Waals surface area contributed by atoms with E-state index in [0.717, 1.165) is 31.4 Å². The van der Waals surface area contributed by atoms with Gasteiger partial charge in [-0.05, 0) is 65.0 Å². The van der Waals surface area contributed by atoms with E-state index in [1.54, 1.807) is 36.1 Å². The van der Waals surface area contributed by atoms with E-state index in [9.17, 15) is 13.2 Å². The highest BCUT2D eigenvalue weighted by molar-refractivity contribution is 7.89. The topological polar surface area (TPSA) is 88.1 Å². The fourth-order valence-electron chi connectivity index (χ4n) is 3.77. The summed E-state index contributed by atoms with van der Waals surface area (Å²) < 4.78 is 30.6. The number of carbonyl (C=O) groups excluding carboxylic acids is 1. The van der Waals surface area contributed by atoms with Crippen molar-refractivity contribution in [1.82, 2.24) is 9.73 Å². The minimum atomic E-state index is -3.68. The molecule has 2 fully saturated rings. The van der Waals surface area contributed by atoms with E-state index < -0.39 is 15.6 Å². The van der Waals surface area contributed by atoms with E-state index in [2.05, 4.69) is 9.93 Å². The predicted molar refractivity (Wildman–Crippen MR) is 108 cm³/mol. The molecule has 1 saturated carbocycles. The standard InChI is InChI=1S/C20H29N3O4S/c1-15-7-5-6-8-16(15)28(25,26)22-21-17-9-10-20(17)11-13-23(14-12-20)18(24)27-19(2,3)4/h5-8,22H,9-14H2,1-4H3/b21-17+. The molecule has 0 bridgehead atoms. The fraction of sp³-hybridized carbons (Fsp3) is 0.600. The van der Waals surface area contributed by atoms with Crippen LogP contribution in [-0.2, 0) is 14.8 Å². The molecule has 0 unspecified atom stereocenters. The van der Waals surface area contributed by atoms with Crippen LogP contribution in [0.1, 0.15) is 52.0 Å². The van der Waals surface area contributed by atoms with E-state index in [1.165, 1.54) is 0 Å². The number of benzene rings is 1. The molecule has 1 amide bonds. The van der Waals surface area contributed by atoms with Crippen LogP contribution < -0.4 is 4.83 Å². The summed E-state index contributed by atoms with van der Waals surface area (Å²) in [4.78, 5) is 16.6. The van der Waals surface area contributed by atoms with Crippen LogP contribution in [0.5, 0.6) is 0 Å². The van der Waals surface area contributed by atoms with Crippen molar-refractivity contribution >= 4 is 21.8 Å². The molecule has 1 aliphatic heterocycles.